The van der Waals surface area contributed by atoms with Crippen LogP contribution in [0.5, 0.6) is 0 Å². The molecule has 2 aromatic heterocycles. The van der Waals surface area contributed by atoms with Gasteiger partial charge in [-0.25, -0.2) is 4.98 Å². The highest BCUT2D eigenvalue weighted by Crippen LogP contribution is 2.19. The van der Waals surface area contributed by atoms with Gasteiger partial charge >= 0.3 is 0 Å². The van der Waals surface area contributed by atoms with Crippen LogP contribution in [0.3, 0.4) is 0 Å². The smallest absolute Gasteiger partial charge is 0.243 e. The lowest BCUT2D eigenvalue weighted by Gasteiger charge is -2.26. The van der Waals surface area contributed by atoms with E-state index < -0.39 is 96.0 Å². The highest BCUT2D eigenvalue weighted by Gasteiger charge is 2.33. The Morgan fingerprint density at radius 2 is 1.47 bits per heavy atom. The number of benzene rings is 2. The van der Waals surface area contributed by atoms with Crippen LogP contribution < -0.4 is 65.5 Å². The van der Waals surface area contributed by atoms with E-state index in [1.54, 1.807) is 36.5 Å². The first kappa shape index (κ1) is 59.2. The van der Waals surface area contributed by atoms with Gasteiger partial charge in [-0.2, -0.15) is 0 Å². The number of hydrogen-bond acceptors (Lipinski definition) is 12. The maximum Gasteiger partial charge on any atom is 0.243 e. The van der Waals surface area contributed by atoms with Gasteiger partial charge in [-0.3, -0.25) is 48.1 Å². The van der Waals surface area contributed by atoms with Crippen LogP contribution in [0.2, 0.25) is 0 Å². The molecule has 0 bridgehead atoms. The molecule has 5 rings (SSSR count). The largest absolute Gasteiger partial charge is 0.370 e. The predicted molar refractivity (Wildman–Crippen MR) is 279 cm³/mol. The van der Waals surface area contributed by atoms with Gasteiger partial charge in [-0.1, -0.05) is 55.5 Å². The number of carbonyl (C=O) groups is 9. The summed E-state index contributed by atoms with van der Waals surface area (Å²) in [6.45, 7) is 3.74. The van der Waals surface area contributed by atoms with E-state index in [0.717, 1.165) is 23.9 Å². The minimum atomic E-state index is -1.35. The zero-order valence-electron chi connectivity index (χ0n) is 42.4. The number of fused-ring (bicyclic) bond motifs is 1. The summed E-state index contributed by atoms with van der Waals surface area (Å²) in [7, 11) is 0. The van der Waals surface area contributed by atoms with E-state index in [0.29, 0.717) is 36.2 Å². The van der Waals surface area contributed by atoms with Crippen LogP contribution in [-0.4, -0.2) is 137 Å². The molecule has 3 heterocycles. The maximum absolute atomic E-state index is 14.3. The predicted octanol–water partition coefficient (Wildman–Crippen LogP) is -2.06. The van der Waals surface area contributed by atoms with Gasteiger partial charge in [0.15, 0.2) is 5.96 Å². The summed E-state index contributed by atoms with van der Waals surface area (Å²) < 4.78 is 0. The molecule has 6 atom stereocenters. The lowest BCUT2D eigenvalue weighted by molar-refractivity contribution is -0.135. The third-order valence-corrected chi connectivity index (χ3v) is 11.8. The average molecular weight is 1040 g/mol. The second-order valence-electron chi connectivity index (χ2n) is 17.9. The molecule has 18 N–H and O–H groups in total. The number of aliphatic imine (C=N–C) groups is 1. The van der Waals surface area contributed by atoms with Crippen molar-refractivity contribution in [2.45, 2.75) is 121 Å². The number of aromatic amines is 2. The van der Waals surface area contributed by atoms with Gasteiger partial charge in [0, 0.05) is 74.7 Å². The molecule has 0 spiro atoms. The van der Waals surface area contributed by atoms with Crippen LogP contribution in [0.1, 0.15) is 82.0 Å². The minimum absolute atomic E-state index is 0.00473. The van der Waals surface area contributed by atoms with Crippen molar-refractivity contribution in [3.63, 3.8) is 0 Å². The molecule has 4 unspecified atom stereocenters. The number of carbonyl (C=O) groups excluding carboxylic acids is 9. The topological polar surface area (TPSA) is 411 Å². The first-order chi connectivity index (χ1) is 36.0. The Hall–Kier alpha value is -8.35. The van der Waals surface area contributed by atoms with Gasteiger partial charge in [0.05, 0.1) is 12.9 Å². The molecule has 1 fully saturated rings. The molecular weight excluding hydrogens is 969 g/mol. The van der Waals surface area contributed by atoms with Gasteiger partial charge in [-0.05, 0) is 68.7 Å². The summed E-state index contributed by atoms with van der Waals surface area (Å²) in [6.07, 6.45) is 6.24. The number of nitrogens with zero attached hydrogens (tertiary/aromatic N) is 2. The van der Waals surface area contributed by atoms with Gasteiger partial charge < -0.3 is 75.4 Å². The Morgan fingerprint density at radius 3 is 2.13 bits per heavy atom. The van der Waals surface area contributed by atoms with E-state index in [1.807, 2.05) is 31.2 Å². The van der Waals surface area contributed by atoms with E-state index in [2.05, 4.69) is 62.5 Å². The molecule has 1 aliphatic heterocycles. The number of hydrogen-bond donors (Lipinski definition) is 14. The normalized spacial score (nSPS) is 20.0. The highest BCUT2D eigenvalue weighted by atomic mass is 16.2. The number of rotatable bonds is 16. The van der Waals surface area contributed by atoms with Crippen LogP contribution in [-0.2, 0) is 62.4 Å². The minimum Gasteiger partial charge on any atom is -0.370 e. The molecule has 1 saturated heterocycles. The fourth-order valence-corrected chi connectivity index (χ4v) is 7.94. The Bertz CT molecular complexity index is 2550. The molecule has 1 aliphatic rings. The van der Waals surface area contributed by atoms with Gasteiger partial charge in [0.25, 0.3) is 0 Å². The third-order valence-electron chi connectivity index (χ3n) is 11.8. The Kier molecular flexibility index (Phi) is 24.7. The maximum atomic E-state index is 14.3. The Balaban J connectivity index is 0.00000162. The SMILES string of the molecule is CC(=O)NC(CCCCN)C(=O)NC1CCCNC(=O)CCC(C(N)=O)NC(=O)[C@H](Cc2c[nH]c3ccccc23)NC(=O)CNC(=O)C(Cc2ccccc2)NC(=O)[C@H](Cc2cnc[nH]2)NC1=O.CCCN=C(N)N. The number of unbranched alkanes of at least 4 members (excludes halogenated alkanes) is 1. The number of primary amides is 1. The van der Waals surface area contributed by atoms with E-state index in [-0.39, 0.29) is 63.9 Å². The van der Waals surface area contributed by atoms with Crippen molar-refractivity contribution in [2.75, 3.05) is 26.2 Å². The monoisotopic (exact) mass is 1040 g/mol. The molecule has 9 amide bonds. The number of H-pyrrole nitrogens is 2. The summed E-state index contributed by atoms with van der Waals surface area (Å²) in [6, 6.07) is 8.51. The van der Waals surface area contributed by atoms with Crippen molar-refractivity contribution in [1.82, 2.24) is 57.5 Å². The van der Waals surface area contributed by atoms with Crippen molar-refractivity contribution in [1.29, 1.82) is 0 Å². The van der Waals surface area contributed by atoms with Crippen LogP contribution in [0.15, 0.2) is 78.3 Å². The van der Waals surface area contributed by atoms with Crippen LogP contribution in [0, 0.1) is 0 Å². The number of nitrogens with one attached hydrogen (secondary N) is 10. The Morgan fingerprint density at radius 1 is 0.773 bits per heavy atom. The number of para-hydroxylation sites is 1. The highest BCUT2D eigenvalue weighted by molar-refractivity contribution is 5.97. The first-order valence-electron chi connectivity index (χ1n) is 24.9. The van der Waals surface area contributed by atoms with E-state index in [1.165, 1.54) is 19.4 Å². The van der Waals surface area contributed by atoms with Crippen molar-refractivity contribution in [3.05, 3.63) is 90.1 Å². The number of guanidine groups is 1. The second-order valence-corrected chi connectivity index (χ2v) is 17.9. The molecule has 0 radical (unpaired) electrons. The standard InChI is InChI=1S/C46H61N13O9.C4H11N3/c1-27(60)54-34(14-7-8-18-47)43(65)57-35-15-9-19-50-39(61)17-16-33(41(48)63)56-45(67)37(21-29-23-51-32-13-6-5-12-31(29)32)55-40(62)25-52-42(64)36(20-28-10-3-2-4-11-28)58-46(68)38(59-44(35)66)22-30-24-49-26-53-30;1-2-3-7-4(5)6/h2-6,10-13,23-24,26,33-38,51H,7-9,14-22,25,47H2,1H3,(H2,48,63)(H,49,53)(H,50,61)(H,52,64)(H,54,60)(H,55,62)(H,56,67)(H,57,65)(H,58,68)(H,59,66);2-3H2,1H3,(H4,5,6,7)/t33?,34?,35?,36?,37-,38-;/m0./s1. The molecule has 406 valence electrons. The summed E-state index contributed by atoms with van der Waals surface area (Å²) in [5.74, 6) is -6.30. The van der Waals surface area contributed by atoms with Crippen LogP contribution in [0.25, 0.3) is 10.9 Å². The molecule has 75 heavy (non-hydrogen) atoms. The van der Waals surface area contributed by atoms with E-state index >= 15 is 0 Å². The Labute approximate surface area is 434 Å². The zero-order chi connectivity index (χ0) is 54.7. The lowest BCUT2D eigenvalue weighted by Crippen LogP contribution is -2.59. The zero-order valence-corrected chi connectivity index (χ0v) is 42.4. The average Bonchev–Trinajstić information content (AvgIpc) is 4.06. The summed E-state index contributed by atoms with van der Waals surface area (Å²) >= 11 is 0. The molecule has 25 heteroatoms. The lowest BCUT2D eigenvalue weighted by atomic mass is 10.0. The molecule has 0 aliphatic carbocycles. The van der Waals surface area contributed by atoms with E-state index in [4.69, 9.17) is 22.9 Å². The summed E-state index contributed by atoms with van der Waals surface area (Å²) in [5, 5.41) is 22.0. The van der Waals surface area contributed by atoms with Crippen molar-refractivity contribution in [2.24, 2.45) is 27.9 Å². The van der Waals surface area contributed by atoms with Crippen molar-refractivity contribution < 1.29 is 43.2 Å². The summed E-state index contributed by atoms with van der Waals surface area (Å²) in [5.41, 5.74) is 23.9. The first-order valence-corrected chi connectivity index (χ1v) is 24.9. The fraction of sp³-hybridized carbons (Fsp3) is 0.460. The third kappa shape index (κ3) is 21.0. The molecule has 0 saturated carbocycles. The molecule has 25 nitrogen and oxygen atoms in total. The molecular formula is C50H72N16O9. The molecule has 4 aromatic rings. The fourth-order valence-electron chi connectivity index (χ4n) is 7.94. The quantitative estimate of drug-likeness (QED) is 0.0327. The number of imidazole rings is 1. The van der Waals surface area contributed by atoms with Crippen molar-refractivity contribution in [3.8, 4) is 0 Å². The second kappa shape index (κ2) is 31.3. The number of nitrogens with two attached hydrogens (primary N) is 4. The summed E-state index contributed by atoms with van der Waals surface area (Å²) in [4.78, 5) is 135. The number of amides is 9. The van der Waals surface area contributed by atoms with E-state index in [9.17, 15) is 43.2 Å². The van der Waals surface area contributed by atoms with Crippen LogP contribution >= 0.6 is 0 Å². The van der Waals surface area contributed by atoms with Gasteiger partial charge in [-0.15, -0.1) is 0 Å². The van der Waals surface area contributed by atoms with Gasteiger partial charge in [0.2, 0.25) is 53.2 Å². The molecule has 2 aromatic carbocycles. The van der Waals surface area contributed by atoms with Gasteiger partial charge in [0.1, 0.15) is 36.3 Å². The van der Waals surface area contributed by atoms with Crippen LogP contribution in [0.4, 0.5) is 0 Å². The van der Waals surface area contributed by atoms with Crippen molar-refractivity contribution >= 4 is 70.0 Å². The number of aromatic nitrogens is 3.